The van der Waals surface area contributed by atoms with E-state index in [0.29, 0.717) is 51.0 Å². The van der Waals surface area contributed by atoms with Crippen LogP contribution in [0.25, 0.3) is 0 Å². The van der Waals surface area contributed by atoms with Crippen LogP contribution in [0.1, 0.15) is 10.5 Å². The Morgan fingerprint density at radius 2 is 2.21 bits per heavy atom. The van der Waals surface area contributed by atoms with E-state index in [4.69, 9.17) is 9.47 Å². The number of nitrogens with zero attached hydrogens (tertiary/aromatic N) is 3. The number of morpholine rings is 1. The van der Waals surface area contributed by atoms with Crippen LogP contribution in [0.5, 0.6) is 0 Å². The molecule has 1 amide bonds. The Morgan fingerprint density at radius 1 is 1.42 bits per heavy atom. The second kappa shape index (κ2) is 7.01. The second-order valence-corrected chi connectivity index (χ2v) is 4.11. The first-order chi connectivity index (χ1) is 9.31. The number of hydrogen-bond donors (Lipinski definition) is 1. The Bertz CT molecular complexity index is 404. The van der Waals surface area contributed by atoms with Crippen LogP contribution in [0.2, 0.25) is 0 Å². The number of ether oxygens (including phenoxy) is 2. The third-order valence-electron chi connectivity index (χ3n) is 2.78. The van der Waals surface area contributed by atoms with E-state index in [2.05, 4.69) is 15.3 Å². The van der Waals surface area contributed by atoms with Gasteiger partial charge in [0, 0.05) is 26.7 Å². The van der Waals surface area contributed by atoms with Gasteiger partial charge in [-0.1, -0.05) is 0 Å². The van der Waals surface area contributed by atoms with E-state index < -0.39 is 0 Å². The summed E-state index contributed by atoms with van der Waals surface area (Å²) < 4.78 is 10.1. The first kappa shape index (κ1) is 13.7. The molecule has 0 bridgehead atoms. The number of methoxy groups -OCH3 is 1. The first-order valence-corrected chi connectivity index (χ1v) is 6.23. The predicted molar refractivity (Wildman–Crippen MR) is 69.1 cm³/mol. The van der Waals surface area contributed by atoms with Gasteiger partial charge < -0.3 is 19.7 Å². The maximum atomic E-state index is 12.1. The monoisotopic (exact) mass is 266 g/mol. The van der Waals surface area contributed by atoms with Crippen LogP contribution in [0.15, 0.2) is 12.4 Å². The van der Waals surface area contributed by atoms with Crippen LogP contribution in [-0.2, 0) is 9.47 Å². The minimum Gasteiger partial charge on any atom is -0.383 e. The number of carbonyl (C=O) groups excluding carboxylic acids is 1. The Kier molecular flexibility index (Phi) is 5.05. The molecule has 7 heteroatoms. The summed E-state index contributed by atoms with van der Waals surface area (Å²) in [6, 6.07) is 0. The topological polar surface area (TPSA) is 76.6 Å². The Labute approximate surface area is 111 Å². The molecule has 2 heterocycles. The number of hydrogen-bond acceptors (Lipinski definition) is 6. The Hall–Kier alpha value is -1.73. The van der Waals surface area contributed by atoms with E-state index in [-0.39, 0.29) is 5.91 Å². The molecule has 1 aromatic rings. The molecule has 19 heavy (non-hydrogen) atoms. The lowest BCUT2D eigenvalue weighted by atomic mass is 10.3. The summed E-state index contributed by atoms with van der Waals surface area (Å²) in [6.45, 7) is 3.62. The van der Waals surface area contributed by atoms with Gasteiger partial charge in [0.15, 0.2) is 0 Å². The summed E-state index contributed by atoms with van der Waals surface area (Å²) in [6.07, 6.45) is 3.05. The highest BCUT2D eigenvalue weighted by molar-refractivity contribution is 5.92. The van der Waals surface area contributed by atoms with Gasteiger partial charge in [-0.25, -0.2) is 9.97 Å². The third kappa shape index (κ3) is 3.87. The van der Waals surface area contributed by atoms with E-state index in [1.165, 1.54) is 6.20 Å². The average Bonchev–Trinajstić information content (AvgIpc) is 2.48. The van der Waals surface area contributed by atoms with Crippen molar-refractivity contribution in [3.8, 4) is 0 Å². The predicted octanol–water partition coefficient (Wildman–Crippen LogP) is 0.00730. The SMILES string of the molecule is COCCNc1cnc(C(=O)N2CCOCC2)cn1. The highest BCUT2D eigenvalue weighted by atomic mass is 16.5. The Morgan fingerprint density at radius 3 is 2.84 bits per heavy atom. The van der Waals surface area contributed by atoms with Crippen LogP contribution in [0, 0.1) is 0 Å². The normalized spacial score (nSPS) is 15.3. The highest BCUT2D eigenvalue weighted by Crippen LogP contribution is 2.06. The Balaban J connectivity index is 1.91. The smallest absolute Gasteiger partial charge is 0.274 e. The van der Waals surface area contributed by atoms with E-state index >= 15 is 0 Å². The molecular formula is C12H18N4O3. The van der Waals surface area contributed by atoms with E-state index in [9.17, 15) is 4.79 Å². The molecular weight excluding hydrogens is 248 g/mol. The van der Waals surface area contributed by atoms with Crippen LogP contribution in [0.4, 0.5) is 5.82 Å². The van der Waals surface area contributed by atoms with Gasteiger partial charge in [-0.2, -0.15) is 0 Å². The largest absolute Gasteiger partial charge is 0.383 e. The summed E-state index contributed by atoms with van der Waals surface area (Å²) in [5.74, 6) is 0.537. The molecule has 1 N–H and O–H groups in total. The summed E-state index contributed by atoms with van der Waals surface area (Å²) in [5.41, 5.74) is 0.360. The molecule has 2 rings (SSSR count). The maximum absolute atomic E-state index is 12.1. The molecule has 0 atom stereocenters. The molecule has 0 aliphatic carbocycles. The van der Waals surface area contributed by atoms with Crippen molar-refractivity contribution in [2.45, 2.75) is 0 Å². The molecule has 1 saturated heterocycles. The van der Waals surface area contributed by atoms with Crippen molar-refractivity contribution in [1.29, 1.82) is 0 Å². The lowest BCUT2D eigenvalue weighted by Crippen LogP contribution is -2.41. The zero-order valence-electron chi connectivity index (χ0n) is 11.0. The number of carbonyl (C=O) groups is 1. The molecule has 1 aliphatic rings. The number of nitrogens with one attached hydrogen (secondary N) is 1. The van der Waals surface area contributed by atoms with Crippen molar-refractivity contribution in [3.05, 3.63) is 18.1 Å². The fraction of sp³-hybridized carbons (Fsp3) is 0.583. The van der Waals surface area contributed by atoms with Crippen molar-refractivity contribution in [2.75, 3.05) is 51.9 Å². The van der Waals surface area contributed by atoms with Crippen molar-refractivity contribution in [2.24, 2.45) is 0 Å². The fourth-order valence-corrected chi connectivity index (χ4v) is 1.74. The van der Waals surface area contributed by atoms with Crippen molar-refractivity contribution in [3.63, 3.8) is 0 Å². The van der Waals surface area contributed by atoms with Gasteiger partial charge in [-0.3, -0.25) is 4.79 Å². The molecule has 1 aliphatic heterocycles. The van der Waals surface area contributed by atoms with Gasteiger partial charge >= 0.3 is 0 Å². The molecule has 104 valence electrons. The zero-order chi connectivity index (χ0) is 13.5. The summed E-state index contributed by atoms with van der Waals surface area (Å²) in [4.78, 5) is 22.1. The van der Waals surface area contributed by atoms with Gasteiger partial charge in [-0.05, 0) is 0 Å². The van der Waals surface area contributed by atoms with Crippen LogP contribution >= 0.6 is 0 Å². The molecule has 1 fully saturated rings. The fourth-order valence-electron chi connectivity index (χ4n) is 1.74. The number of amides is 1. The zero-order valence-corrected chi connectivity index (χ0v) is 11.0. The third-order valence-corrected chi connectivity index (χ3v) is 2.78. The minimum atomic E-state index is -0.0979. The lowest BCUT2D eigenvalue weighted by Gasteiger charge is -2.26. The molecule has 0 unspecified atom stereocenters. The second-order valence-electron chi connectivity index (χ2n) is 4.11. The van der Waals surface area contributed by atoms with Crippen LogP contribution in [0.3, 0.4) is 0 Å². The number of rotatable bonds is 5. The van der Waals surface area contributed by atoms with Gasteiger partial charge in [-0.15, -0.1) is 0 Å². The summed E-state index contributed by atoms with van der Waals surface area (Å²) in [7, 11) is 1.64. The highest BCUT2D eigenvalue weighted by Gasteiger charge is 2.19. The quantitative estimate of drug-likeness (QED) is 0.756. The minimum absolute atomic E-state index is 0.0979. The van der Waals surface area contributed by atoms with E-state index in [1.54, 1.807) is 18.2 Å². The van der Waals surface area contributed by atoms with E-state index in [0.717, 1.165) is 0 Å². The molecule has 0 spiro atoms. The lowest BCUT2D eigenvalue weighted by molar-refractivity contribution is 0.0298. The molecule has 0 saturated carbocycles. The standard InChI is InChI=1S/C12H18N4O3/c1-18-5-2-13-11-9-14-10(8-15-11)12(17)16-3-6-19-7-4-16/h8-9H,2-7H2,1H3,(H,13,15). The first-order valence-electron chi connectivity index (χ1n) is 6.23. The molecule has 1 aromatic heterocycles. The van der Waals surface area contributed by atoms with Gasteiger partial charge in [0.1, 0.15) is 11.5 Å². The van der Waals surface area contributed by atoms with Gasteiger partial charge in [0.25, 0.3) is 5.91 Å². The van der Waals surface area contributed by atoms with Gasteiger partial charge in [0.05, 0.1) is 32.2 Å². The average molecular weight is 266 g/mol. The van der Waals surface area contributed by atoms with Crippen molar-refractivity contribution < 1.29 is 14.3 Å². The van der Waals surface area contributed by atoms with Gasteiger partial charge in [0.2, 0.25) is 0 Å². The van der Waals surface area contributed by atoms with Crippen LogP contribution in [-0.4, -0.2) is 67.3 Å². The van der Waals surface area contributed by atoms with Crippen molar-refractivity contribution >= 4 is 11.7 Å². The maximum Gasteiger partial charge on any atom is 0.274 e. The summed E-state index contributed by atoms with van der Waals surface area (Å²) in [5, 5.41) is 3.05. The van der Waals surface area contributed by atoms with Crippen molar-refractivity contribution in [1.82, 2.24) is 14.9 Å². The number of aromatic nitrogens is 2. The molecule has 0 aromatic carbocycles. The van der Waals surface area contributed by atoms with Crippen LogP contribution < -0.4 is 5.32 Å². The number of anilines is 1. The molecule has 7 nitrogen and oxygen atoms in total. The molecule has 0 radical (unpaired) electrons. The van der Waals surface area contributed by atoms with E-state index in [1.807, 2.05) is 0 Å². The summed E-state index contributed by atoms with van der Waals surface area (Å²) >= 11 is 0.